The van der Waals surface area contributed by atoms with Crippen LogP contribution in [0.25, 0.3) is 11.1 Å². The molecule has 1 N–H and O–H groups in total. The van der Waals surface area contributed by atoms with Gasteiger partial charge in [-0.25, -0.2) is 0 Å². The van der Waals surface area contributed by atoms with Gasteiger partial charge >= 0.3 is 0 Å². The quantitative estimate of drug-likeness (QED) is 0.355. The highest BCUT2D eigenvalue weighted by atomic mass is 16.5. The average molecular weight is 354 g/mol. The number of benzene rings is 2. The largest absolute Gasteiger partial charge is 0.508 e. The van der Waals surface area contributed by atoms with Gasteiger partial charge in [-0.2, -0.15) is 0 Å². The fourth-order valence-corrected chi connectivity index (χ4v) is 2.77. The molecule has 0 aliphatic rings. The molecule has 2 aromatic carbocycles. The Hall–Kier alpha value is -2.26. The molecule has 0 heterocycles. The van der Waals surface area contributed by atoms with Crippen molar-refractivity contribution in [3.8, 4) is 22.6 Å². The van der Waals surface area contributed by atoms with E-state index in [2.05, 4.69) is 18.7 Å². The summed E-state index contributed by atoms with van der Waals surface area (Å²) in [5, 5.41) is 9.35. The van der Waals surface area contributed by atoms with Crippen molar-refractivity contribution >= 4 is 0 Å². The molecule has 0 fully saturated rings. The zero-order valence-electron chi connectivity index (χ0n) is 15.5. The van der Waals surface area contributed by atoms with Crippen LogP contribution < -0.4 is 4.74 Å². The number of unbranched alkanes of at least 4 members (excludes halogenated alkanes) is 5. The van der Waals surface area contributed by atoms with Crippen LogP contribution in [0.15, 0.2) is 61.2 Å². The van der Waals surface area contributed by atoms with Crippen LogP contribution in [0.5, 0.6) is 11.5 Å². The number of hydrogen-bond acceptors (Lipinski definition) is 3. The summed E-state index contributed by atoms with van der Waals surface area (Å²) in [5.41, 5.74) is 2.21. The monoisotopic (exact) mass is 354 g/mol. The maximum atomic E-state index is 9.35. The van der Waals surface area contributed by atoms with E-state index in [4.69, 9.17) is 9.47 Å². The third kappa shape index (κ3) is 7.75. The van der Waals surface area contributed by atoms with Crippen LogP contribution in [0, 0.1) is 0 Å². The van der Waals surface area contributed by atoms with Crippen molar-refractivity contribution in [2.45, 2.75) is 38.5 Å². The smallest absolute Gasteiger partial charge is 0.119 e. The average Bonchev–Trinajstić information content (AvgIpc) is 2.67. The van der Waals surface area contributed by atoms with Crippen molar-refractivity contribution < 1.29 is 14.6 Å². The second-order valence-electron chi connectivity index (χ2n) is 6.40. The van der Waals surface area contributed by atoms with Gasteiger partial charge in [0.05, 0.1) is 13.2 Å². The first-order valence-electron chi connectivity index (χ1n) is 9.50. The minimum absolute atomic E-state index is 0.287. The Balaban J connectivity index is 1.54. The molecule has 3 heteroatoms. The predicted molar refractivity (Wildman–Crippen MR) is 108 cm³/mol. The first-order chi connectivity index (χ1) is 12.8. The highest BCUT2D eigenvalue weighted by molar-refractivity contribution is 5.64. The first kappa shape index (κ1) is 20.1. The summed E-state index contributed by atoms with van der Waals surface area (Å²) in [7, 11) is 0. The lowest BCUT2D eigenvalue weighted by Crippen LogP contribution is -1.97. The Bertz CT molecular complexity index is 617. The normalized spacial score (nSPS) is 10.6. The summed E-state index contributed by atoms with van der Waals surface area (Å²) in [6.07, 6.45) is 8.98. The van der Waals surface area contributed by atoms with E-state index in [1.165, 1.54) is 25.7 Å². The van der Waals surface area contributed by atoms with E-state index >= 15 is 0 Å². The Morgan fingerprint density at radius 2 is 1.27 bits per heavy atom. The van der Waals surface area contributed by atoms with Gasteiger partial charge in [0, 0.05) is 6.61 Å². The van der Waals surface area contributed by atoms with Crippen molar-refractivity contribution in [1.82, 2.24) is 0 Å². The van der Waals surface area contributed by atoms with E-state index in [0.717, 1.165) is 42.9 Å². The molecule has 2 rings (SSSR count). The molecule has 0 radical (unpaired) electrons. The third-order valence-corrected chi connectivity index (χ3v) is 4.24. The number of phenolic OH excluding ortho intramolecular Hbond substituents is 1. The van der Waals surface area contributed by atoms with E-state index < -0.39 is 0 Å². The zero-order valence-corrected chi connectivity index (χ0v) is 15.5. The minimum atomic E-state index is 0.287. The number of ether oxygens (including phenoxy) is 2. The second-order valence-corrected chi connectivity index (χ2v) is 6.40. The Kier molecular flexibility index (Phi) is 9.37. The van der Waals surface area contributed by atoms with Crippen LogP contribution >= 0.6 is 0 Å². The van der Waals surface area contributed by atoms with Gasteiger partial charge in [-0.1, -0.05) is 56.0 Å². The number of aromatic hydroxyl groups is 1. The highest BCUT2D eigenvalue weighted by Crippen LogP contribution is 2.24. The summed E-state index contributed by atoms with van der Waals surface area (Å²) < 4.78 is 11.2. The number of rotatable bonds is 13. The molecule has 0 aliphatic heterocycles. The SMILES string of the molecule is C=CCOCCCCCCCCOc1ccc(-c2ccc(O)cc2)cc1. The van der Waals surface area contributed by atoms with Gasteiger partial charge in [-0.3, -0.25) is 0 Å². The van der Waals surface area contributed by atoms with Gasteiger partial charge in [0.1, 0.15) is 11.5 Å². The van der Waals surface area contributed by atoms with Crippen LogP contribution in [0.4, 0.5) is 0 Å². The molecule has 26 heavy (non-hydrogen) atoms. The van der Waals surface area contributed by atoms with Crippen LogP contribution in [-0.2, 0) is 4.74 Å². The highest BCUT2D eigenvalue weighted by Gasteiger charge is 1.99. The molecule has 3 nitrogen and oxygen atoms in total. The molecule has 0 aromatic heterocycles. The van der Waals surface area contributed by atoms with E-state index in [-0.39, 0.29) is 5.75 Å². The van der Waals surface area contributed by atoms with Crippen LogP contribution in [0.2, 0.25) is 0 Å². The van der Waals surface area contributed by atoms with E-state index in [1.807, 2.05) is 24.3 Å². The van der Waals surface area contributed by atoms with E-state index in [0.29, 0.717) is 6.61 Å². The summed E-state index contributed by atoms with van der Waals surface area (Å²) in [6.45, 7) is 5.90. The third-order valence-electron chi connectivity index (χ3n) is 4.24. The molecule has 0 spiro atoms. The van der Waals surface area contributed by atoms with Crippen LogP contribution in [0.1, 0.15) is 38.5 Å². The standard InChI is InChI=1S/C23H30O3/c1-2-17-25-18-7-5-3-4-6-8-19-26-23-15-11-21(12-16-23)20-9-13-22(24)14-10-20/h2,9-16,24H,1,3-8,17-19H2. The lowest BCUT2D eigenvalue weighted by molar-refractivity contribution is 0.157. The van der Waals surface area contributed by atoms with Crippen molar-refractivity contribution in [2.75, 3.05) is 19.8 Å². The van der Waals surface area contributed by atoms with Gasteiger partial charge in [-0.05, 0) is 48.2 Å². The van der Waals surface area contributed by atoms with Gasteiger partial charge in [0.2, 0.25) is 0 Å². The maximum absolute atomic E-state index is 9.35. The van der Waals surface area contributed by atoms with Crippen molar-refractivity contribution in [1.29, 1.82) is 0 Å². The summed E-state index contributed by atoms with van der Waals surface area (Å²) in [4.78, 5) is 0. The molecule has 0 saturated carbocycles. The predicted octanol–water partition coefficient (Wildman–Crippen LogP) is 5.98. The summed E-state index contributed by atoms with van der Waals surface area (Å²) in [6, 6.07) is 15.3. The topological polar surface area (TPSA) is 38.7 Å². The van der Waals surface area contributed by atoms with Crippen molar-refractivity contribution in [3.63, 3.8) is 0 Å². The second kappa shape index (κ2) is 12.2. The summed E-state index contributed by atoms with van der Waals surface area (Å²) >= 11 is 0. The van der Waals surface area contributed by atoms with Crippen molar-refractivity contribution in [2.24, 2.45) is 0 Å². The van der Waals surface area contributed by atoms with Gasteiger partial charge < -0.3 is 14.6 Å². The van der Waals surface area contributed by atoms with Crippen LogP contribution in [-0.4, -0.2) is 24.9 Å². The zero-order chi connectivity index (χ0) is 18.5. The lowest BCUT2D eigenvalue weighted by atomic mass is 10.1. The molecule has 2 aromatic rings. The lowest BCUT2D eigenvalue weighted by Gasteiger charge is -2.08. The fourth-order valence-electron chi connectivity index (χ4n) is 2.77. The summed E-state index contributed by atoms with van der Waals surface area (Å²) in [5.74, 6) is 1.20. The Morgan fingerprint density at radius 3 is 1.88 bits per heavy atom. The molecule has 0 saturated heterocycles. The molecule has 0 unspecified atom stereocenters. The molecular formula is C23H30O3. The van der Waals surface area contributed by atoms with Crippen molar-refractivity contribution in [3.05, 3.63) is 61.2 Å². The minimum Gasteiger partial charge on any atom is -0.508 e. The molecule has 0 atom stereocenters. The first-order valence-corrected chi connectivity index (χ1v) is 9.50. The molecule has 140 valence electrons. The van der Waals surface area contributed by atoms with Crippen LogP contribution in [0.3, 0.4) is 0 Å². The van der Waals surface area contributed by atoms with Gasteiger partial charge in [-0.15, -0.1) is 6.58 Å². The van der Waals surface area contributed by atoms with Gasteiger partial charge in [0.25, 0.3) is 0 Å². The molecule has 0 amide bonds. The Morgan fingerprint density at radius 1 is 0.731 bits per heavy atom. The maximum Gasteiger partial charge on any atom is 0.119 e. The van der Waals surface area contributed by atoms with E-state index in [1.54, 1.807) is 18.2 Å². The number of hydrogen-bond donors (Lipinski definition) is 1. The fraction of sp³-hybridized carbons (Fsp3) is 0.391. The van der Waals surface area contributed by atoms with E-state index in [9.17, 15) is 5.11 Å². The molecular weight excluding hydrogens is 324 g/mol. The Labute approximate surface area is 157 Å². The van der Waals surface area contributed by atoms with Gasteiger partial charge in [0.15, 0.2) is 0 Å². The molecule has 0 aliphatic carbocycles. The number of phenols is 1. The molecule has 0 bridgehead atoms.